The van der Waals surface area contributed by atoms with Crippen LogP contribution in [0.3, 0.4) is 0 Å². The summed E-state index contributed by atoms with van der Waals surface area (Å²) >= 11 is 0. The Bertz CT molecular complexity index is 1190. The Morgan fingerprint density at radius 3 is 2.57 bits per heavy atom. The largest absolute Gasteiger partial charge is 0.493 e. The standard InChI is InChI=1S/C22H17FN2O3/c1-27-20-11-18-19(12-21(20)28-13-15-6-3-2-4-7-15)24-14-25(22(18)26)17-9-5-8-16(23)10-17/h2-12,14H,13H2,1H3. The normalized spacial score (nSPS) is 10.8. The predicted octanol–water partition coefficient (Wildman–Crippen LogP) is 4.11. The van der Waals surface area contributed by atoms with Crippen LogP contribution in [0.1, 0.15) is 5.56 Å². The molecule has 0 amide bonds. The van der Waals surface area contributed by atoms with E-state index in [2.05, 4.69) is 4.98 Å². The molecule has 1 heterocycles. The number of aromatic nitrogens is 2. The van der Waals surface area contributed by atoms with Gasteiger partial charge >= 0.3 is 0 Å². The van der Waals surface area contributed by atoms with E-state index < -0.39 is 5.82 Å². The van der Waals surface area contributed by atoms with Crippen LogP contribution in [0.5, 0.6) is 11.5 Å². The molecule has 4 aromatic rings. The van der Waals surface area contributed by atoms with E-state index in [4.69, 9.17) is 9.47 Å². The molecule has 28 heavy (non-hydrogen) atoms. The molecule has 6 heteroatoms. The Hall–Kier alpha value is -3.67. The molecule has 0 N–H and O–H groups in total. The lowest BCUT2D eigenvalue weighted by atomic mass is 10.2. The Kier molecular flexibility index (Phi) is 4.76. The lowest BCUT2D eigenvalue weighted by Gasteiger charge is -2.13. The maximum absolute atomic E-state index is 13.5. The first-order valence-electron chi connectivity index (χ1n) is 8.68. The molecule has 0 spiro atoms. The zero-order valence-electron chi connectivity index (χ0n) is 15.1. The van der Waals surface area contributed by atoms with Gasteiger partial charge in [0.25, 0.3) is 5.56 Å². The molecule has 0 aliphatic heterocycles. The monoisotopic (exact) mass is 376 g/mol. The van der Waals surface area contributed by atoms with Gasteiger partial charge < -0.3 is 9.47 Å². The van der Waals surface area contributed by atoms with E-state index in [1.54, 1.807) is 24.3 Å². The van der Waals surface area contributed by atoms with Gasteiger partial charge in [-0.2, -0.15) is 0 Å². The number of fused-ring (bicyclic) bond motifs is 1. The van der Waals surface area contributed by atoms with Crippen molar-refractivity contribution in [1.82, 2.24) is 9.55 Å². The highest BCUT2D eigenvalue weighted by Gasteiger charge is 2.13. The molecule has 4 rings (SSSR count). The maximum atomic E-state index is 13.5. The van der Waals surface area contributed by atoms with Crippen molar-refractivity contribution in [3.8, 4) is 17.2 Å². The van der Waals surface area contributed by atoms with Crippen LogP contribution >= 0.6 is 0 Å². The van der Waals surface area contributed by atoms with E-state index in [9.17, 15) is 9.18 Å². The molecular formula is C22H17FN2O3. The second kappa shape index (κ2) is 7.52. The molecule has 1 aromatic heterocycles. The highest BCUT2D eigenvalue weighted by molar-refractivity contribution is 5.82. The molecule has 0 bridgehead atoms. The van der Waals surface area contributed by atoms with Gasteiger partial charge in [0.15, 0.2) is 11.5 Å². The minimum Gasteiger partial charge on any atom is -0.493 e. The summed E-state index contributed by atoms with van der Waals surface area (Å²) in [6.45, 7) is 0.364. The number of hydrogen-bond donors (Lipinski definition) is 0. The molecule has 0 saturated heterocycles. The van der Waals surface area contributed by atoms with Crippen molar-refractivity contribution in [2.75, 3.05) is 7.11 Å². The molecular weight excluding hydrogens is 359 g/mol. The zero-order valence-corrected chi connectivity index (χ0v) is 15.1. The van der Waals surface area contributed by atoms with Gasteiger partial charge in [0, 0.05) is 6.07 Å². The minimum absolute atomic E-state index is 0.316. The SMILES string of the molecule is COc1cc2c(=O)n(-c3cccc(F)c3)cnc2cc1OCc1ccccc1. The van der Waals surface area contributed by atoms with Crippen molar-refractivity contribution in [3.05, 3.63) is 94.8 Å². The maximum Gasteiger partial charge on any atom is 0.265 e. The average Bonchev–Trinajstić information content (AvgIpc) is 2.73. The van der Waals surface area contributed by atoms with Crippen molar-refractivity contribution < 1.29 is 13.9 Å². The number of hydrogen-bond acceptors (Lipinski definition) is 4. The summed E-state index contributed by atoms with van der Waals surface area (Å²) in [7, 11) is 1.51. The predicted molar refractivity (Wildman–Crippen MR) is 105 cm³/mol. The zero-order chi connectivity index (χ0) is 19.5. The third kappa shape index (κ3) is 3.44. The first kappa shape index (κ1) is 17.7. The van der Waals surface area contributed by atoms with Gasteiger partial charge in [-0.05, 0) is 29.8 Å². The van der Waals surface area contributed by atoms with E-state index in [0.29, 0.717) is 34.7 Å². The summed E-state index contributed by atoms with van der Waals surface area (Å²) in [6, 6.07) is 18.8. The van der Waals surface area contributed by atoms with E-state index in [1.165, 1.54) is 30.1 Å². The summed E-state index contributed by atoms with van der Waals surface area (Å²) in [6.07, 6.45) is 1.38. The smallest absolute Gasteiger partial charge is 0.265 e. The van der Waals surface area contributed by atoms with Gasteiger partial charge in [-0.15, -0.1) is 0 Å². The molecule has 0 fully saturated rings. The average molecular weight is 376 g/mol. The Labute approximate surface area is 160 Å². The van der Waals surface area contributed by atoms with E-state index >= 15 is 0 Å². The van der Waals surface area contributed by atoms with Crippen LogP contribution in [0.4, 0.5) is 4.39 Å². The Balaban J connectivity index is 1.74. The highest BCUT2D eigenvalue weighted by Crippen LogP contribution is 2.31. The topological polar surface area (TPSA) is 53.4 Å². The summed E-state index contributed by atoms with van der Waals surface area (Å²) in [4.78, 5) is 17.2. The molecule has 0 radical (unpaired) electrons. The quantitative estimate of drug-likeness (QED) is 0.526. The number of benzene rings is 3. The van der Waals surface area contributed by atoms with Crippen LogP contribution in [0.15, 0.2) is 77.9 Å². The van der Waals surface area contributed by atoms with Gasteiger partial charge in [0.2, 0.25) is 0 Å². The van der Waals surface area contributed by atoms with Gasteiger partial charge in [0.1, 0.15) is 18.8 Å². The molecule has 0 aliphatic carbocycles. The van der Waals surface area contributed by atoms with Crippen molar-refractivity contribution in [3.63, 3.8) is 0 Å². The van der Waals surface area contributed by atoms with Crippen molar-refractivity contribution >= 4 is 10.9 Å². The van der Waals surface area contributed by atoms with Crippen LogP contribution in [-0.2, 0) is 6.61 Å². The fourth-order valence-electron chi connectivity index (χ4n) is 2.95. The van der Waals surface area contributed by atoms with E-state index in [-0.39, 0.29) is 5.56 Å². The van der Waals surface area contributed by atoms with Crippen molar-refractivity contribution in [2.45, 2.75) is 6.61 Å². The van der Waals surface area contributed by atoms with Crippen molar-refractivity contribution in [1.29, 1.82) is 0 Å². The number of ether oxygens (including phenoxy) is 2. The molecule has 0 aliphatic rings. The van der Waals surface area contributed by atoms with Crippen LogP contribution in [-0.4, -0.2) is 16.7 Å². The Morgan fingerprint density at radius 1 is 1.00 bits per heavy atom. The molecule has 140 valence electrons. The van der Waals surface area contributed by atoms with Crippen LogP contribution < -0.4 is 15.0 Å². The number of halogens is 1. The molecule has 0 unspecified atom stereocenters. The summed E-state index contributed by atoms with van der Waals surface area (Å²) in [5, 5.41) is 0.357. The van der Waals surface area contributed by atoms with Crippen LogP contribution in [0, 0.1) is 5.82 Å². The molecule has 0 saturated carbocycles. The van der Waals surface area contributed by atoms with Crippen molar-refractivity contribution in [2.24, 2.45) is 0 Å². The summed E-state index contributed by atoms with van der Waals surface area (Å²) in [5.74, 6) is 0.500. The third-order valence-electron chi connectivity index (χ3n) is 4.37. The second-order valence-corrected chi connectivity index (χ2v) is 6.19. The summed E-state index contributed by atoms with van der Waals surface area (Å²) < 4.78 is 26.1. The van der Waals surface area contributed by atoms with E-state index in [0.717, 1.165) is 5.56 Å². The third-order valence-corrected chi connectivity index (χ3v) is 4.37. The van der Waals surface area contributed by atoms with Gasteiger partial charge in [-0.1, -0.05) is 36.4 Å². The van der Waals surface area contributed by atoms with Crippen LogP contribution in [0.25, 0.3) is 16.6 Å². The van der Waals surface area contributed by atoms with Gasteiger partial charge in [-0.25, -0.2) is 9.37 Å². The summed E-state index contributed by atoms with van der Waals surface area (Å²) in [5.41, 5.74) is 1.58. The number of nitrogens with zero attached hydrogens (tertiary/aromatic N) is 2. The number of rotatable bonds is 5. The fraction of sp³-hybridized carbons (Fsp3) is 0.0909. The second-order valence-electron chi connectivity index (χ2n) is 6.19. The minimum atomic E-state index is -0.424. The lowest BCUT2D eigenvalue weighted by molar-refractivity contribution is 0.285. The fourth-order valence-corrected chi connectivity index (χ4v) is 2.95. The number of methoxy groups -OCH3 is 1. The highest BCUT2D eigenvalue weighted by atomic mass is 19.1. The Morgan fingerprint density at radius 2 is 1.82 bits per heavy atom. The first-order chi connectivity index (χ1) is 13.7. The van der Waals surface area contributed by atoms with Crippen LogP contribution in [0.2, 0.25) is 0 Å². The lowest BCUT2D eigenvalue weighted by Crippen LogP contribution is -2.19. The van der Waals surface area contributed by atoms with Gasteiger partial charge in [-0.3, -0.25) is 9.36 Å². The first-order valence-corrected chi connectivity index (χ1v) is 8.68. The molecule has 5 nitrogen and oxygen atoms in total. The molecule has 0 atom stereocenters. The van der Waals surface area contributed by atoms with Gasteiger partial charge in [0.05, 0.1) is 23.7 Å². The molecule has 3 aromatic carbocycles. The van der Waals surface area contributed by atoms with E-state index in [1.807, 2.05) is 30.3 Å².